The molecule has 0 aliphatic carbocycles. The van der Waals surface area contributed by atoms with Gasteiger partial charge in [0.25, 0.3) is 5.56 Å². The van der Waals surface area contributed by atoms with E-state index in [-0.39, 0.29) is 16.6 Å². The van der Waals surface area contributed by atoms with Gasteiger partial charge in [0.1, 0.15) is 16.5 Å². The first-order valence-electron chi connectivity index (χ1n) is 5.53. The summed E-state index contributed by atoms with van der Waals surface area (Å²) in [5.41, 5.74) is 0.172. The Morgan fingerprint density at radius 1 is 1.50 bits per heavy atom. The van der Waals surface area contributed by atoms with Crippen LogP contribution in [0.15, 0.2) is 27.5 Å². The number of hydrogen-bond acceptors (Lipinski definition) is 4. The van der Waals surface area contributed by atoms with E-state index in [4.69, 9.17) is 16.0 Å². The Hall–Kier alpha value is -1.75. The highest BCUT2D eigenvalue weighted by molar-refractivity contribution is 6.32. The van der Waals surface area contributed by atoms with Crippen LogP contribution >= 0.6 is 11.6 Å². The summed E-state index contributed by atoms with van der Waals surface area (Å²) in [6.45, 7) is 3.80. The summed E-state index contributed by atoms with van der Waals surface area (Å²) in [7, 11) is 1.55. The number of nitrogens with zero attached hydrogens (tertiary/aromatic N) is 2. The van der Waals surface area contributed by atoms with E-state index in [2.05, 4.69) is 10.4 Å². The Morgan fingerprint density at radius 3 is 2.83 bits per heavy atom. The maximum absolute atomic E-state index is 11.6. The minimum absolute atomic E-state index is 0.0925. The molecule has 2 aromatic heterocycles. The Labute approximate surface area is 109 Å². The predicted molar refractivity (Wildman–Crippen MR) is 70.0 cm³/mol. The largest absolute Gasteiger partial charge is 0.464 e. The van der Waals surface area contributed by atoms with Gasteiger partial charge in [-0.15, -0.1) is 0 Å². The van der Waals surface area contributed by atoms with Crippen molar-refractivity contribution in [3.8, 4) is 0 Å². The number of rotatable bonds is 3. The molecular weight excluding hydrogens is 254 g/mol. The van der Waals surface area contributed by atoms with Crippen molar-refractivity contribution in [2.45, 2.75) is 19.9 Å². The quantitative estimate of drug-likeness (QED) is 0.928. The van der Waals surface area contributed by atoms with Crippen LogP contribution in [0.25, 0.3) is 0 Å². The van der Waals surface area contributed by atoms with E-state index in [1.54, 1.807) is 7.05 Å². The molecule has 0 saturated carbocycles. The number of nitrogens with one attached hydrogen (secondary N) is 1. The minimum Gasteiger partial charge on any atom is -0.464 e. The SMILES string of the molecule is Cc1ccc(C(C)Nc2cnn(C)c(=O)c2Cl)o1. The summed E-state index contributed by atoms with van der Waals surface area (Å²) in [6, 6.07) is 3.68. The average Bonchev–Trinajstić information content (AvgIpc) is 2.77. The number of aromatic nitrogens is 2. The molecule has 1 atom stereocenters. The van der Waals surface area contributed by atoms with Gasteiger partial charge in [0.05, 0.1) is 17.9 Å². The van der Waals surface area contributed by atoms with Gasteiger partial charge in [0, 0.05) is 7.05 Å². The number of aryl methyl sites for hydroxylation is 2. The third-order valence-corrected chi connectivity index (χ3v) is 3.00. The summed E-state index contributed by atoms with van der Waals surface area (Å²) in [5, 5.41) is 7.15. The molecule has 2 aromatic rings. The lowest BCUT2D eigenvalue weighted by Crippen LogP contribution is -2.21. The van der Waals surface area contributed by atoms with E-state index in [0.29, 0.717) is 5.69 Å². The molecule has 18 heavy (non-hydrogen) atoms. The summed E-state index contributed by atoms with van der Waals surface area (Å²) >= 11 is 5.97. The van der Waals surface area contributed by atoms with Crippen molar-refractivity contribution in [2.24, 2.45) is 7.05 Å². The van der Waals surface area contributed by atoms with Gasteiger partial charge in [-0.05, 0) is 26.0 Å². The normalized spacial score (nSPS) is 12.4. The van der Waals surface area contributed by atoms with Gasteiger partial charge in [-0.25, -0.2) is 4.68 Å². The molecular formula is C12H14ClN3O2. The van der Waals surface area contributed by atoms with Gasteiger partial charge in [-0.1, -0.05) is 11.6 Å². The van der Waals surface area contributed by atoms with Gasteiger partial charge >= 0.3 is 0 Å². The molecule has 0 aliphatic rings. The van der Waals surface area contributed by atoms with Gasteiger partial charge in [0.2, 0.25) is 0 Å². The zero-order valence-corrected chi connectivity index (χ0v) is 11.2. The second-order valence-corrected chi connectivity index (χ2v) is 4.49. The lowest BCUT2D eigenvalue weighted by molar-refractivity contribution is 0.467. The lowest BCUT2D eigenvalue weighted by Gasteiger charge is -2.13. The van der Waals surface area contributed by atoms with E-state index in [1.807, 2.05) is 26.0 Å². The molecule has 0 bridgehead atoms. The van der Waals surface area contributed by atoms with Crippen LogP contribution in [0.1, 0.15) is 24.5 Å². The third-order valence-electron chi connectivity index (χ3n) is 2.64. The smallest absolute Gasteiger partial charge is 0.287 e. The maximum Gasteiger partial charge on any atom is 0.287 e. The number of hydrogen-bond donors (Lipinski definition) is 1. The first kappa shape index (κ1) is 12.7. The molecule has 0 amide bonds. The first-order chi connectivity index (χ1) is 8.49. The highest BCUT2D eigenvalue weighted by atomic mass is 35.5. The average molecular weight is 268 g/mol. The van der Waals surface area contributed by atoms with Crippen molar-refractivity contribution in [3.63, 3.8) is 0 Å². The Bertz CT molecular complexity index is 618. The molecule has 6 heteroatoms. The van der Waals surface area contributed by atoms with Crippen molar-refractivity contribution >= 4 is 17.3 Å². The second kappa shape index (κ2) is 4.86. The Morgan fingerprint density at radius 2 is 2.22 bits per heavy atom. The zero-order chi connectivity index (χ0) is 13.3. The molecule has 1 unspecified atom stereocenters. The van der Waals surface area contributed by atoms with Crippen LogP contribution in [-0.2, 0) is 7.05 Å². The van der Waals surface area contributed by atoms with Crippen LogP contribution in [0, 0.1) is 6.92 Å². The molecule has 0 aliphatic heterocycles. The molecule has 2 heterocycles. The Balaban J connectivity index is 2.25. The van der Waals surface area contributed by atoms with Crippen LogP contribution in [-0.4, -0.2) is 9.78 Å². The standard InChI is InChI=1S/C12H14ClN3O2/c1-7-4-5-10(18-7)8(2)15-9-6-14-16(3)12(17)11(9)13/h4-6,8,15H,1-3H3. The molecule has 2 rings (SSSR count). The number of anilines is 1. The van der Waals surface area contributed by atoms with Crippen molar-refractivity contribution in [1.29, 1.82) is 0 Å². The number of furan rings is 1. The molecule has 0 radical (unpaired) electrons. The van der Waals surface area contributed by atoms with Crippen LogP contribution < -0.4 is 10.9 Å². The van der Waals surface area contributed by atoms with Crippen molar-refractivity contribution in [3.05, 3.63) is 45.2 Å². The predicted octanol–water partition coefficient (Wildman–Crippen LogP) is 2.51. The first-order valence-corrected chi connectivity index (χ1v) is 5.91. The summed E-state index contributed by atoms with van der Waals surface area (Å²) in [4.78, 5) is 11.6. The van der Waals surface area contributed by atoms with Gasteiger partial charge in [0.15, 0.2) is 0 Å². The third kappa shape index (κ3) is 2.41. The fraction of sp³-hybridized carbons (Fsp3) is 0.333. The van der Waals surface area contributed by atoms with Crippen molar-refractivity contribution in [1.82, 2.24) is 9.78 Å². The van der Waals surface area contributed by atoms with Crippen LogP contribution in [0.5, 0.6) is 0 Å². The fourth-order valence-electron chi connectivity index (χ4n) is 1.60. The zero-order valence-electron chi connectivity index (χ0n) is 10.4. The summed E-state index contributed by atoms with van der Waals surface area (Å²) < 4.78 is 6.69. The molecule has 5 nitrogen and oxygen atoms in total. The monoisotopic (exact) mass is 267 g/mol. The molecule has 1 N–H and O–H groups in total. The molecule has 0 fully saturated rings. The van der Waals surface area contributed by atoms with Crippen LogP contribution in [0.2, 0.25) is 5.02 Å². The molecule has 96 valence electrons. The van der Waals surface area contributed by atoms with E-state index < -0.39 is 0 Å². The van der Waals surface area contributed by atoms with Gasteiger partial charge < -0.3 is 9.73 Å². The van der Waals surface area contributed by atoms with Gasteiger partial charge in [-0.2, -0.15) is 5.10 Å². The summed E-state index contributed by atoms with van der Waals surface area (Å²) in [5.74, 6) is 1.62. The van der Waals surface area contributed by atoms with Gasteiger partial charge in [-0.3, -0.25) is 4.79 Å². The second-order valence-electron chi connectivity index (χ2n) is 4.12. The topological polar surface area (TPSA) is 60.1 Å². The van der Waals surface area contributed by atoms with E-state index in [9.17, 15) is 4.79 Å². The molecule has 0 spiro atoms. The van der Waals surface area contributed by atoms with Crippen molar-refractivity contribution in [2.75, 3.05) is 5.32 Å². The van der Waals surface area contributed by atoms with E-state index in [1.165, 1.54) is 10.9 Å². The van der Waals surface area contributed by atoms with E-state index in [0.717, 1.165) is 11.5 Å². The fourth-order valence-corrected chi connectivity index (χ4v) is 1.83. The number of halogens is 1. The summed E-state index contributed by atoms with van der Waals surface area (Å²) in [6.07, 6.45) is 1.52. The highest BCUT2D eigenvalue weighted by Crippen LogP contribution is 2.23. The van der Waals surface area contributed by atoms with E-state index >= 15 is 0 Å². The highest BCUT2D eigenvalue weighted by Gasteiger charge is 2.13. The molecule has 0 aromatic carbocycles. The van der Waals surface area contributed by atoms with Crippen LogP contribution in [0.4, 0.5) is 5.69 Å². The molecule has 0 saturated heterocycles. The Kier molecular flexibility index (Phi) is 3.43. The minimum atomic E-state index is -0.329. The lowest BCUT2D eigenvalue weighted by atomic mass is 10.2. The maximum atomic E-state index is 11.6. The van der Waals surface area contributed by atoms with Crippen LogP contribution in [0.3, 0.4) is 0 Å². The van der Waals surface area contributed by atoms with Crippen molar-refractivity contribution < 1.29 is 4.42 Å².